The highest BCUT2D eigenvalue weighted by atomic mass is 31.1. The van der Waals surface area contributed by atoms with E-state index >= 15 is 0 Å². The molecule has 1 N–H and O–H groups in total. The van der Waals surface area contributed by atoms with E-state index in [1.165, 1.54) is 67.2 Å². The highest BCUT2D eigenvalue weighted by Crippen LogP contribution is 2.04. The summed E-state index contributed by atoms with van der Waals surface area (Å²) in [4.78, 5) is 10.4. The van der Waals surface area contributed by atoms with Crippen LogP contribution in [0.4, 0.5) is 0 Å². The maximum Gasteiger partial charge on any atom is 0.129 e. The van der Waals surface area contributed by atoms with E-state index < -0.39 is 0 Å². The third-order valence-corrected chi connectivity index (χ3v) is 5.29. The summed E-state index contributed by atoms with van der Waals surface area (Å²) >= 11 is 0. The molecule has 214 valence electrons. The maximum absolute atomic E-state index is 10.4. The minimum atomic E-state index is -0.0955. The van der Waals surface area contributed by atoms with Crippen molar-refractivity contribution in [1.29, 1.82) is 0 Å². The third-order valence-electron chi connectivity index (χ3n) is 5.29. The van der Waals surface area contributed by atoms with Crippen LogP contribution in [-0.4, -0.2) is 30.3 Å². The molecule has 0 aliphatic rings. The number of carbonyl (C=O) groups excluding carboxylic acids is 1. The Hall–Kier alpha value is -1.50. The van der Waals surface area contributed by atoms with E-state index in [2.05, 4.69) is 103 Å². The van der Waals surface area contributed by atoms with Gasteiger partial charge in [-0.3, -0.25) is 0 Å². The zero-order valence-electron chi connectivity index (χ0n) is 26.1. The molecule has 0 fully saturated rings. The Morgan fingerprint density at radius 2 is 0.973 bits per heavy atom. The summed E-state index contributed by atoms with van der Waals surface area (Å²) in [6.07, 6.45) is 11.5. The number of carbonyl (C=O) groups is 1. The summed E-state index contributed by atoms with van der Waals surface area (Å²) in [5.41, 5.74) is 5.32. The summed E-state index contributed by atoms with van der Waals surface area (Å²) in [5.74, 6) is 0.325. The van der Waals surface area contributed by atoms with E-state index in [4.69, 9.17) is 5.11 Å². The van der Waals surface area contributed by atoms with Gasteiger partial charge in [-0.25, -0.2) is 0 Å². The van der Waals surface area contributed by atoms with Crippen LogP contribution in [0.5, 0.6) is 0 Å². The minimum Gasteiger partial charge on any atom is -0.393 e. The number of hydrogen-bond donors (Lipinski definition) is 1. The van der Waals surface area contributed by atoms with Crippen molar-refractivity contribution in [2.45, 2.75) is 126 Å². The van der Waals surface area contributed by atoms with Gasteiger partial charge in [0.15, 0.2) is 0 Å². The molecule has 1 unspecified atom stereocenters. The van der Waals surface area contributed by atoms with Crippen molar-refractivity contribution in [3.8, 4) is 0 Å². The third kappa shape index (κ3) is 39.2. The fourth-order valence-electron chi connectivity index (χ4n) is 2.94. The normalized spacial score (nSPS) is 10.1. The van der Waals surface area contributed by atoms with Gasteiger partial charge in [-0.2, -0.15) is 0 Å². The second-order valence-corrected chi connectivity index (χ2v) is 11.0. The Labute approximate surface area is 233 Å². The van der Waals surface area contributed by atoms with Crippen molar-refractivity contribution in [2.24, 2.45) is 0 Å². The number of aliphatic hydroxyl groups excluding tert-OH is 1. The summed E-state index contributed by atoms with van der Waals surface area (Å²) in [5, 5.41) is 8.85. The van der Waals surface area contributed by atoms with Gasteiger partial charge in [0.25, 0.3) is 0 Å². The fourth-order valence-corrected chi connectivity index (χ4v) is 2.94. The maximum atomic E-state index is 10.4. The lowest BCUT2D eigenvalue weighted by molar-refractivity contribution is -0.117. The topological polar surface area (TPSA) is 37.3 Å². The molecule has 0 spiro atoms. The highest BCUT2D eigenvalue weighted by molar-refractivity contribution is 7.35. The minimum absolute atomic E-state index is 0.0955. The Kier molecular flexibility index (Phi) is 33.2. The second-order valence-electron chi connectivity index (χ2n) is 10.0. The van der Waals surface area contributed by atoms with E-state index in [1.807, 2.05) is 6.92 Å². The van der Waals surface area contributed by atoms with E-state index in [0.717, 1.165) is 27.8 Å². The molecule has 0 saturated carbocycles. The van der Waals surface area contributed by atoms with Crippen molar-refractivity contribution in [1.82, 2.24) is 0 Å². The van der Waals surface area contributed by atoms with Gasteiger partial charge in [-0.1, -0.05) is 130 Å². The number of hydrogen-bond acceptors (Lipinski definition) is 2. The standard InChI is InChI=1S/C8H18O.C8H16O.2C8H10.C2H7P/c2*1-3-4-5-6-7-8(2)9;2*1-7-3-5-8(2)6-4-7;1-3-2/h8-9H,3-7H2,1-2H3;3-7H2,1-2H3;2*3-6H,1-2H3;3H,1-2H3. The van der Waals surface area contributed by atoms with Crippen LogP contribution >= 0.6 is 8.58 Å². The first-order valence-electron chi connectivity index (χ1n) is 14.4. The molecule has 3 heteroatoms. The molecule has 0 bridgehead atoms. The Morgan fingerprint density at radius 3 is 1.22 bits per heavy atom. The van der Waals surface area contributed by atoms with Crippen LogP contribution < -0.4 is 0 Å². The SMILES string of the molecule is CCCCCCC(C)=O.CCCCCCC(C)O.CPC.Cc1ccc(C)cc1.Cc1ccc(C)cc1. The number of Topliss-reactive ketones (excluding diaryl/α,β-unsaturated/α-hetero) is 1. The van der Waals surface area contributed by atoms with Crippen LogP contribution in [0.15, 0.2) is 48.5 Å². The predicted octanol–water partition coefficient (Wildman–Crippen LogP) is 10.4. The number of rotatable bonds is 10. The van der Waals surface area contributed by atoms with Crippen LogP contribution in [0.3, 0.4) is 0 Å². The molecule has 37 heavy (non-hydrogen) atoms. The molecule has 0 saturated heterocycles. The molecule has 1 atom stereocenters. The van der Waals surface area contributed by atoms with Crippen molar-refractivity contribution in [2.75, 3.05) is 13.3 Å². The predicted molar refractivity (Wildman–Crippen MR) is 172 cm³/mol. The van der Waals surface area contributed by atoms with Crippen LogP contribution in [0, 0.1) is 27.7 Å². The molecular formula is C34H61O2P. The van der Waals surface area contributed by atoms with Crippen LogP contribution in [-0.2, 0) is 4.79 Å². The average Bonchev–Trinajstić information content (AvgIpc) is 2.85. The molecule has 0 heterocycles. The van der Waals surface area contributed by atoms with E-state index in [0.29, 0.717) is 5.78 Å². The number of aliphatic hydroxyl groups is 1. The molecule has 0 aromatic heterocycles. The van der Waals surface area contributed by atoms with E-state index in [9.17, 15) is 4.79 Å². The van der Waals surface area contributed by atoms with Crippen molar-refractivity contribution in [3.05, 3.63) is 70.8 Å². The number of ketones is 1. The van der Waals surface area contributed by atoms with Gasteiger partial charge in [0.05, 0.1) is 6.10 Å². The number of aryl methyl sites for hydroxylation is 4. The smallest absolute Gasteiger partial charge is 0.129 e. The first-order valence-corrected chi connectivity index (χ1v) is 16.4. The van der Waals surface area contributed by atoms with Gasteiger partial charge in [-0.15, -0.1) is 8.58 Å². The van der Waals surface area contributed by atoms with Gasteiger partial charge in [0.1, 0.15) is 5.78 Å². The Balaban J connectivity index is -0.000000402. The van der Waals surface area contributed by atoms with Crippen LogP contribution in [0.25, 0.3) is 0 Å². The highest BCUT2D eigenvalue weighted by Gasteiger charge is 1.93. The summed E-state index contributed by atoms with van der Waals surface area (Å²) in [6.45, 7) is 20.6. The van der Waals surface area contributed by atoms with Gasteiger partial charge >= 0.3 is 0 Å². The van der Waals surface area contributed by atoms with Gasteiger partial charge < -0.3 is 9.90 Å². The summed E-state index contributed by atoms with van der Waals surface area (Å²) in [6, 6.07) is 17.0. The second kappa shape index (κ2) is 30.7. The fraction of sp³-hybridized carbons (Fsp3) is 0.618. The van der Waals surface area contributed by atoms with Gasteiger partial charge in [0, 0.05) is 6.42 Å². The molecule has 2 aromatic carbocycles. The Bertz CT molecular complexity index is 620. The summed E-state index contributed by atoms with van der Waals surface area (Å²) < 4.78 is 0. The van der Waals surface area contributed by atoms with Crippen LogP contribution in [0.2, 0.25) is 0 Å². The molecule has 0 aliphatic heterocycles. The molecule has 2 nitrogen and oxygen atoms in total. The monoisotopic (exact) mass is 532 g/mol. The lowest BCUT2D eigenvalue weighted by Gasteiger charge is -2.01. The van der Waals surface area contributed by atoms with Gasteiger partial charge in [0.2, 0.25) is 0 Å². The molecule has 2 aromatic rings. The molecular weight excluding hydrogens is 471 g/mol. The first-order chi connectivity index (χ1) is 17.5. The largest absolute Gasteiger partial charge is 0.393 e. The molecule has 0 amide bonds. The van der Waals surface area contributed by atoms with Gasteiger partial charge in [-0.05, 0) is 67.7 Å². The Morgan fingerprint density at radius 1 is 0.676 bits per heavy atom. The lowest BCUT2D eigenvalue weighted by Crippen LogP contribution is -1.97. The zero-order valence-corrected chi connectivity index (χ0v) is 27.1. The van der Waals surface area contributed by atoms with E-state index in [-0.39, 0.29) is 6.10 Å². The molecule has 2 rings (SSSR count). The average molecular weight is 533 g/mol. The zero-order chi connectivity index (χ0) is 28.9. The van der Waals surface area contributed by atoms with Crippen molar-refractivity contribution < 1.29 is 9.90 Å². The first kappa shape index (κ1) is 40.0. The summed E-state index contributed by atoms with van der Waals surface area (Å²) in [7, 11) is 1.08. The number of benzene rings is 2. The quantitative estimate of drug-likeness (QED) is 0.244. The molecule has 0 aliphatic carbocycles. The van der Waals surface area contributed by atoms with Crippen LogP contribution in [0.1, 0.15) is 114 Å². The van der Waals surface area contributed by atoms with Crippen molar-refractivity contribution in [3.63, 3.8) is 0 Å². The van der Waals surface area contributed by atoms with E-state index in [1.54, 1.807) is 6.92 Å². The van der Waals surface area contributed by atoms with Crippen molar-refractivity contribution >= 4 is 14.4 Å². The number of unbranched alkanes of at least 4 members (excludes halogenated alkanes) is 6. The lowest BCUT2D eigenvalue weighted by atomic mass is 10.1. The molecule has 0 radical (unpaired) electrons.